The Morgan fingerprint density at radius 2 is 2.50 bits per heavy atom. The molecule has 2 heteroatoms. The molecule has 1 nitrogen and oxygen atoms in total. The minimum absolute atomic E-state index is 1.04. The van der Waals surface area contributed by atoms with Crippen molar-refractivity contribution in [2.24, 2.45) is 4.99 Å². The summed E-state index contributed by atoms with van der Waals surface area (Å²) >= 11 is 1.92. The van der Waals surface area contributed by atoms with Gasteiger partial charge in [-0.1, -0.05) is 6.08 Å². The molecule has 0 unspecified atom stereocenters. The number of nitrogens with zero attached hydrogens (tertiary/aromatic N) is 1. The van der Waals surface area contributed by atoms with Crippen molar-refractivity contribution in [3.63, 3.8) is 0 Å². The smallest absolute Gasteiger partial charge is 0.0934 e. The van der Waals surface area contributed by atoms with Gasteiger partial charge in [-0.05, 0) is 24.8 Å². The van der Waals surface area contributed by atoms with E-state index in [1.54, 1.807) is 0 Å². The van der Waals surface area contributed by atoms with Crippen LogP contribution in [0.2, 0.25) is 0 Å². The molecule has 0 radical (unpaired) electrons. The molecule has 0 N–H and O–H groups in total. The molecule has 2 rings (SSSR count). The maximum Gasteiger partial charge on any atom is 0.0934 e. The van der Waals surface area contributed by atoms with Gasteiger partial charge in [0.05, 0.1) is 5.04 Å². The summed E-state index contributed by atoms with van der Waals surface area (Å²) in [6, 6.07) is 0. The Morgan fingerprint density at radius 1 is 1.50 bits per heavy atom. The molecule has 10 heavy (non-hydrogen) atoms. The molecule has 0 saturated carbocycles. The lowest BCUT2D eigenvalue weighted by molar-refractivity contribution is 0.921. The van der Waals surface area contributed by atoms with Crippen LogP contribution < -0.4 is 0 Å². The van der Waals surface area contributed by atoms with Crippen LogP contribution in [0.15, 0.2) is 16.6 Å². The van der Waals surface area contributed by atoms with E-state index >= 15 is 0 Å². The van der Waals surface area contributed by atoms with Crippen LogP contribution in [0.1, 0.15) is 19.3 Å². The molecule has 0 spiro atoms. The van der Waals surface area contributed by atoms with Crippen LogP contribution in [-0.2, 0) is 0 Å². The van der Waals surface area contributed by atoms with E-state index in [1.807, 2.05) is 11.8 Å². The lowest BCUT2D eigenvalue weighted by Crippen LogP contribution is -1.89. The summed E-state index contributed by atoms with van der Waals surface area (Å²) in [5, 5.41) is 1.33. The molecule has 0 aromatic heterocycles. The van der Waals surface area contributed by atoms with Crippen LogP contribution in [0.5, 0.6) is 0 Å². The van der Waals surface area contributed by atoms with Crippen LogP contribution in [0.25, 0.3) is 0 Å². The largest absolute Gasteiger partial charge is 0.277 e. The first-order valence-electron chi connectivity index (χ1n) is 3.83. The minimum Gasteiger partial charge on any atom is -0.277 e. The number of rotatable bonds is 1. The second kappa shape index (κ2) is 2.79. The van der Waals surface area contributed by atoms with Crippen LogP contribution in [0.3, 0.4) is 0 Å². The molecule has 0 aromatic rings. The normalized spacial score (nSPS) is 24.8. The molecule has 1 aliphatic heterocycles. The van der Waals surface area contributed by atoms with Crippen molar-refractivity contribution in [3.05, 3.63) is 11.6 Å². The van der Waals surface area contributed by atoms with Gasteiger partial charge < -0.3 is 0 Å². The van der Waals surface area contributed by atoms with Gasteiger partial charge in [-0.15, -0.1) is 11.8 Å². The van der Waals surface area contributed by atoms with Gasteiger partial charge in [0.1, 0.15) is 0 Å². The minimum atomic E-state index is 1.04. The average molecular weight is 153 g/mol. The van der Waals surface area contributed by atoms with Crippen LogP contribution in [0.4, 0.5) is 0 Å². The predicted molar refractivity (Wildman–Crippen MR) is 46.7 cm³/mol. The average Bonchev–Trinajstić information content (AvgIpc) is 2.59. The van der Waals surface area contributed by atoms with Gasteiger partial charge in [-0.25, -0.2) is 0 Å². The van der Waals surface area contributed by atoms with Gasteiger partial charge in [0, 0.05) is 12.3 Å². The topological polar surface area (TPSA) is 12.4 Å². The Balaban J connectivity index is 2.10. The van der Waals surface area contributed by atoms with Crippen molar-refractivity contribution < 1.29 is 0 Å². The lowest BCUT2D eigenvalue weighted by Gasteiger charge is -1.97. The van der Waals surface area contributed by atoms with Crippen molar-refractivity contribution in [2.75, 3.05) is 12.3 Å². The van der Waals surface area contributed by atoms with E-state index in [2.05, 4.69) is 11.1 Å². The van der Waals surface area contributed by atoms with Gasteiger partial charge in [0.25, 0.3) is 0 Å². The van der Waals surface area contributed by atoms with E-state index < -0.39 is 0 Å². The molecule has 0 amide bonds. The predicted octanol–water partition coefficient (Wildman–Crippen LogP) is 2.24. The summed E-state index contributed by atoms with van der Waals surface area (Å²) in [6.07, 6.45) is 6.23. The van der Waals surface area contributed by atoms with Crippen molar-refractivity contribution in [1.29, 1.82) is 0 Å². The highest BCUT2D eigenvalue weighted by atomic mass is 32.2. The molecule has 0 saturated heterocycles. The fraction of sp³-hybridized carbons (Fsp3) is 0.625. The Kier molecular flexibility index (Phi) is 1.80. The van der Waals surface area contributed by atoms with E-state index in [1.165, 1.54) is 35.6 Å². The fourth-order valence-electron chi connectivity index (χ4n) is 1.39. The first kappa shape index (κ1) is 6.47. The zero-order chi connectivity index (χ0) is 6.81. The number of aliphatic imine (C=N–C) groups is 1. The molecule has 0 bridgehead atoms. The lowest BCUT2D eigenvalue weighted by atomic mass is 10.2. The van der Waals surface area contributed by atoms with E-state index in [0.717, 1.165) is 6.54 Å². The van der Waals surface area contributed by atoms with Crippen LogP contribution in [0, 0.1) is 0 Å². The molecular weight excluding hydrogens is 142 g/mol. The molecule has 2 aliphatic rings. The summed E-state index contributed by atoms with van der Waals surface area (Å²) < 4.78 is 0. The Labute approximate surface area is 65.6 Å². The van der Waals surface area contributed by atoms with Crippen molar-refractivity contribution >= 4 is 16.8 Å². The summed E-state index contributed by atoms with van der Waals surface area (Å²) in [7, 11) is 0. The molecule has 0 atom stereocenters. The molecular formula is C8H11NS. The maximum atomic E-state index is 4.43. The van der Waals surface area contributed by atoms with Crippen molar-refractivity contribution in [3.8, 4) is 0 Å². The van der Waals surface area contributed by atoms with Gasteiger partial charge in [-0.3, -0.25) is 4.99 Å². The summed E-state index contributed by atoms with van der Waals surface area (Å²) in [5.74, 6) is 1.20. The molecule has 1 heterocycles. The van der Waals surface area contributed by atoms with E-state index in [4.69, 9.17) is 0 Å². The van der Waals surface area contributed by atoms with Gasteiger partial charge in [0.2, 0.25) is 0 Å². The van der Waals surface area contributed by atoms with Crippen molar-refractivity contribution in [1.82, 2.24) is 0 Å². The number of thioether (sulfide) groups is 1. The third-order valence-electron chi connectivity index (χ3n) is 1.90. The third-order valence-corrected chi connectivity index (χ3v) is 2.95. The zero-order valence-corrected chi connectivity index (χ0v) is 6.78. The number of allylic oxidation sites excluding steroid dienone is 1. The van der Waals surface area contributed by atoms with Gasteiger partial charge in [-0.2, -0.15) is 0 Å². The van der Waals surface area contributed by atoms with Gasteiger partial charge in [0.15, 0.2) is 0 Å². The van der Waals surface area contributed by atoms with Crippen LogP contribution >= 0.6 is 11.8 Å². The SMILES string of the molecule is C1=C(C2=NCCS2)CCC1. The maximum absolute atomic E-state index is 4.43. The standard InChI is InChI=1S/C8H11NS/c1-2-4-7(3-1)8-9-5-6-10-8/h3H,1-2,4-6H2. The Bertz CT molecular complexity index is 171. The second-order valence-corrected chi connectivity index (χ2v) is 3.74. The first-order chi connectivity index (χ1) is 4.97. The number of hydrogen-bond acceptors (Lipinski definition) is 2. The summed E-state index contributed by atoms with van der Waals surface area (Å²) in [4.78, 5) is 4.43. The van der Waals surface area contributed by atoms with Crippen molar-refractivity contribution in [2.45, 2.75) is 19.3 Å². The third kappa shape index (κ3) is 1.12. The molecule has 1 aliphatic carbocycles. The highest BCUT2D eigenvalue weighted by molar-refractivity contribution is 8.14. The molecule has 0 fully saturated rings. The highest BCUT2D eigenvalue weighted by Gasteiger charge is 2.14. The highest BCUT2D eigenvalue weighted by Crippen LogP contribution is 2.26. The summed E-state index contributed by atoms with van der Waals surface area (Å²) in [5.41, 5.74) is 1.52. The first-order valence-corrected chi connectivity index (χ1v) is 4.82. The molecule has 54 valence electrons. The van der Waals surface area contributed by atoms with E-state index in [0.29, 0.717) is 0 Å². The van der Waals surface area contributed by atoms with E-state index in [-0.39, 0.29) is 0 Å². The quantitative estimate of drug-likeness (QED) is 0.562. The zero-order valence-electron chi connectivity index (χ0n) is 5.97. The Hall–Kier alpha value is -0.240. The second-order valence-electron chi connectivity index (χ2n) is 2.66. The monoisotopic (exact) mass is 153 g/mol. The van der Waals surface area contributed by atoms with Crippen LogP contribution in [-0.4, -0.2) is 17.3 Å². The Morgan fingerprint density at radius 3 is 3.10 bits per heavy atom. The molecule has 0 aromatic carbocycles. The van der Waals surface area contributed by atoms with E-state index in [9.17, 15) is 0 Å². The summed E-state index contributed by atoms with van der Waals surface area (Å²) in [6.45, 7) is 1.04. The van der Waals surface area contributed by atoms with Gasteiger partial charge >= 0.3 is 0 Å². The fourth-order valence-corrected chi connectivity index (χ4v) is 2.32. The number of hydrogen-bond donors (Lipinski definition) is 0.